The van der Waals surface area contributed by atoms with Crippen molar-refractivity contribution in [2.24, 2.45) is 0 Å². The highest BCUT2D eigenvalue weighted by atomic mass is 16.8. The Hall–Kier alpha value is -4.36. The summed E-state index contributed by atoms with van der Waals surface area (Å²) in [6.45, 7) is 7.05. The number of rotatable bonds is 12. The molecule has 0 aromatic heterocycles. The van der Waals surface area contributed by atoms with Crippen molar-refractivity contribution in [3.05, 3.63) is 0 Å². The molecule has 0 aromatic rings. The largest absolute Gasteiger partial charge is 0.463 e. The lowest BCUT2D eigenvalue weighted by molar-refractivity contribution is -0.357. The molecule has 2 fully saturated rings. The first-order valence-electron chi connectivity index (χ1n) is 14.2. The smallest absolute Gasteiger partial charge is 0.305 e. The van der Waals surface area contributed by atoms with Crippen LogP contribution < -0.4 is 0 Å². The topological polar surface area (TPSA) is 238 Å². The summed E-state index contributed by atoms with van der Waals surface area (Å²) in [5.74, 6) is -7.02. The molecule has 2 saturated heterocycles. The monoisotopic (exact) mass is 678 g/mol. The van der Waals surface area contributed by atoms with Crippen LogP contribution in [0, 0.1) is 0 Å². The van der Waals surface area contributed by atoms with Gasteiger partial charge in [0, 0.05) is 55.4 Å². The quantitative estimate of drug-likeness (QED) is 0.181. The van der Waals surface area contributed by atoms with E-state index in [4.69, 9.17) is 52.1 Å². The molecule has 19 nitrogen and oxygen atoms in total. The molecule has 0 N–H and O–H groups in total. The van der Waals surface area contributed by atoms with Gasteiger partial charge in [-0.2, -0.15) is 0 Å². The first kappa shape index (κ1) is 38.8. The van der Waals surface area contributed by atoms with Crippen LogP contribution in [-0.4, -0.2) is 122 Å². The number of hydrogen-bond acceptors (Lipinski definition) is 19. The van der Waals surface area contributed by atoms with E-state index in [1.807, 2.05) is 0 Å². The lowest BCUT2D eigenvalue weighted by Crippen LogP contribution is -2.67. The van der Waals surface area contributed by atoms with Crippen LogP contribution >= 0.6 is 0 Å². The summed E-state index contributed by atoms with van der Waals surface area (Å²) >= 11 is 0. The summed E-state index contributed by atoms with van der Waals surface area (Å²) < 4.78 is 60.2. The molecule has 0 saturated carbocycles. The van der Waals surface area contributed by atoms with E-state index in [1.54, 1.807) is 0 Å². The van der Waals surface area contributed by atoms with E-state index in [0.29, 0.717) is 0 Å². The van der Waals surface area contributed by atoms with E-state index < -0.39 is 122 Å². The Morgan fingerprint density at radius 1 is 0.383 bits per heavy atom. The van der Waals surface area contributed by atoms with Crippen LogP contribution in [0.1, 0.15) is 55.4 Å². The van der Waals surface area contributed by atoms with Crippen molar-refractivity contribution in [2.45, 2.75) is 117 Å². The van der Waals surface area contributed by atoms with Gasteiger partial charge in [-0.1, -0.05) is 0 Å². The normalized spacial score (nSPS) is 30.0. The molecule has 0 spiro atoms. The number of carbonyl (C=O) groups is 8. The molecule has 2 aliphatic heterocycles. The van der Waals surface area contributed by atoms with Crippen molar-refractivity contribution >= 4 is 47.8 Å². The predicted molar refractivity (Wildman–Crippen MR) is 145 cm³/mol. The first-order valence-corrected chi connectivity index (χ1v) is 14.2. The Morgan fingerprint density at radius 2 is 0.702 bits per heavy atom. The van der Waals surface area contributed by atoms with E-state index >= 15 is 0 Å². The molecule has 0 aromatic carbocycles. The molecular weight excluding hydrogens is 640 g/mol. The molecule has 0 radical (unpaired) electrons. The number of hydrogen-bond donors (Lipinski definition) is 0. The Labute approximate surface area is 268 Å². The van der Waals surface area contributed by atoms with E-state index in [0.717, 1.165) is 55.4 Å². The fourth-order valence-electron chi connectivity index (χ4n) is 4.73. The second kappa shape index (κ2) is 17.5. The maximum atomic E-state index is 12.3. The van der Waals surface area contributed by atoms with Gasteiger partial charge in [-0.15, -0.1) is 0 Å². The van der Waals surface area contributed by atoms with Crippen LogP contribution in [0.4, 0.5) is 0 Å². The van der Waals surface area contributed by atoms with Crippen molar-refractivity contribution in [1.29, 1.82) is 0 Å². The van der Waals surface area contributed by atoms with Crippen molar-refractivity contribution in [3.8, 4) is 0 Å². The summed E-state index contributed by atoms with van der Waals surface area (Å²) in [6, 6.07) is 0. The van der Waals surface area contributed by atoms with Crippen LogP contribution in [0.15, 0.2) is 0 Å². The van der Waals surface area contributed by atoms with Gasteiger partial charge in [0.25, 0.3) is 0 Å². The second-order valence-corrected chi connectivity index (χ2v) is 10.3. The average molecular weight is 679 g/mol. The maximum Gasteiger partial charge on any atom is 0.305 e. The van der Waals surface area contributed by atoms with Crippen molar-refractivity contribution in [1.82, 2.24) is 0 Å². The Bertz CT molecular complexity index is 1200. The van der Waals surface area contributed by atoms with Gasteiger partial charge in [0.05, 0.1) is 0 Å². The van der Waals surface area contributed by atoms with Gasteiger partial charge >= 0.3 is 47.8 Å². The van der Waals surface area contributed by atoms with E-state index in [1.165, 1.54) is 0 Å². The molecular formula is C28H38O19. The zero-order valence-electron chi connectivity index (χ0n) is 26.9. The van der Waals surface area contributed by atoms with Crippen molar-refractivity contribution in [2.75, 3.05) is 13.2 Å². The number of esters is 8. The van der Waals surface area contributed by atoms with Crippen molar-refractivity contribution < 1.29 is 90.5 Å². The van der Waals surface area contributed by atoms with Gasteiger partial charge in [0.2, 0.25) is 12.4 Å². The van der Waals surface area contributed by atoms with Crippen LogP contribution in [0.25, 0.3) is 0 Å². The molecule has 10 atom stereocenters. The Balaban J connectivity index is 2.73. The lowest BCUT2D eigenvalue weighted by Gasteiger charge is -2.48. The van der Waals surface area contributed by atoms with Gasteiger partial charge in [-0.05, 0) is 0 Å². The summed E-state index contributed by atoms with van der Waals surface area (Å²) in [5.41, 5.74) is 0. The number of carbonyl (C=O) groups excluding carboxylic acids is 8. The highest BCUT2D eigenvalue weighted by Crippen LogP contribution is 2.35. The van der Waals surface area contributed by atoms with Crippen LogP contribution in [0.5, 0.6) is 0 Å². The zero-order valence-corrected chi connectivity index (χ0v) is 26.9. The summed E-state index contributed by atoms with van der Waals surface area (Å²) in [4.78, 5) is 96.3. The standard InChI is InChI=1S/C28H38O19/c1-11(29)37-9-19-21(39-13(3)31)23(40-14(4)32)26(43-17(7)35)28(46-19)47-22-20(10-38-12(2)30)45-27(44-18(8)36)25(42-16(6)34)24(22)41-15(5)33/h19-28H,9-10H2,1-8H3/t19-,20-,21+,22-,23+,24+,25-,26-,27?,28?/m1/s1. The SMILES string of the molecule is CC(=O)OC[C@H]1OC(O[C@H]2[C@H](OC(C)=O)[C@@H](OC(C)=O)C(OC(C)=O)O[C@@H]2COC(C)=O)[C@H](OC(C)=O)[C@@H](OC(C)=O)[C@H]1OC(C)=O. The van der Waals surface area contributed by atoms with Gasteiger partial charge in [0.15, 0.2) is 30.7 Å². The summed E-state index contributed by atoms with van der Waals surface area (Å²) in [6.07, 6.45) is -16.3. The molecule has 264 valence electrons. The molecule has 0 aliphatic carbocycles. The molecule has 0 bridgehead atoms. The van der Waals surface area contributed by atoms with Gasteiger partial charge in [-0.25, -0.2) is 0 Å². The summed E-state index contributed by atoms with van der Waals surface area (Å²) in [5, 5.41) is 0. The third-order valence-corrected chi connectivity index (χ3v) is 6.17. The van der Waals surface area contributed by atoms with E-state index in [9.17, 15) is 38.4 Å². The number of ether oxygens (including phenoxy) is 11. The predicted octanol–water partition coefficient (Wildman–Crippen LogP) is -0.831. The van der Waals surface area contributed by atoms with Gasteiger partial charge in [-0.3, -0.25) is 38.4 Å². The average Bonchev–Trinajstić information content (AvgIpc) is 2.91. The van der Waals surface area contributed by atoms with E-state index in [2.05, 4.69) is 0 Å². The molecule has 47 heavy (non-hydrogen) atoms. The van der Waals surface area contributed by atoms with Crippen LogP contribution in [0.3, 0.4) is 0 Å². The minimum Gasteiger partial charge on any atom is -0.463 e. The third-order valence-electron chi connectivity index (χ3n) is 6.17. The molecule has 2 aliphatic rings. The second-order valence-electron chi connectivity index (χ2n) is 10.3. The van der Waals surface area contributed by atoms with E-state index in [-0.39, 0.29) is 0 Å². The fourth-order valence-corrected chi connectivity index (χ4v) is 4.73. The molecule has 0 amide bonds. The Morgan fingerprint density at radius 3 is 1.11 bits per heavy atom. The zero-order chi connectivity index (χ0) is 35.6. The minimum atomic E-state index is -1.83. The molecule has 2 unspecified atom stereocenters. The van der Waals surface area contributed by atoms with Crippen molar-refractivity contribution in [3.63, 3.8) is 0 Å². The highest BCUT2D eigenvalue weighted by molar-refractivity contribution is 5.70. The molecule has 19 heteroatoms. The summed E-state index contributed by atoms with van der Waals surface area (Å²) in [7, 11) is 0. The van der Waals surface area contributed by atoms with Gasteiger partial charge < -0.3 is 52.1 Å². The molecule has 2 heterocycles. The maximum absolute atomic E-state index is 12.3. The highest BCUT2D eigenvalue weighted by Gasteiger charge is 2.58. The lowest BCUT2D eigenvalue weighted by atomic mass is 9.96. The first-order chi connectivity index (χ1) is 21.9. The third kappa shape index (κ3) is 12.1. The van der Waals surface area contributed by atoms with Crippen LogP contribution in [-0.2, 0) is 90.5 Å². The molecule has 2 rings (SSSR count). The minimum absolute atomic E-state index is 0.590. The Kier molecular flexibility index (Phi) is 14.5. The van der Waals surface area contributed by atoms with Crippen LogP contribution in [0.2, 0.25) is 0 Å². The fraction of sp³-hybridized carbons (Fsp3) is 0.714. The van der Waals surface area contributed by atoms with Gasteiger partial charge in [0.1, 0.15) is 31.5 Å².